The summed E-state index contributed by atoms with van der Waals surface area (Å²) in [4.78, 5) is 14.8. The van der Waals surface area contributed by atoms with Gasteiger partial charge >= 0.3 is 0 Å². The van der Waals surface area contributed by atoms with E-state index >= 15 is 0 Å². The number of carbonyl (C=O) groups is 1. The Bertz CT molecular complexity index is 995. The highest BCUT2D eigenvalue weighted by Crippen LogP contribution is 2.39. The van der Waals surface area contributed by atoms with Crippen LogP contribution in [0.15, 0.2) is 36.4 Å². The van der Waals surface area contributed by atoms with Crippen molar-refractivity contribution in [2.24, 2.45) is 0 Å². The molecule has 1 N–H and O–H groups in total. The molecular formula is C25H29FN2O3. The van der Waals surface area contributed by atoms with Gasteiger partial charge in [-0.25, -0.2) is 4.39 Å². The molecule has 5 nitrogen and oxygen atoms in total. The van der Waals surface area contributed by atoms with Gasteiger partial charge in [-0.05, 0) is 54.2 Å². The van der Waals surface area contributed by atoms with E-state index < -0.39 is 5.54 Å². The fourth-order valence-electron chi connectivity index (χ4n) is 5.55. The van der Waals surface area contributed by atoms with E-state index in [0.717, 1.165) is 30.7 Å². The Labute approximate surface area is 182 Å². The van der Waals surface area contributed by atoms with Gasteiger partial charge in [0.25, 0.3) is 0 Å². The second kappa shape index (κ2) is 8.24. The van der Waals surface area contributed by atoms with Gasteiger partial charge in [0.05, 0.1) is 25.9 Å². The SMILES string of the molecule is COc1cc2c(cc1CN1C[C@@H](c3cccc(F)c3)[C@@]3(COCCC(=O)N3)C1)CCC2. The number of nitrogens with zero attached hydrogens (tertiary/aromatic N) is 1. The zero-order chi connectivity index (χ0) is 21.4. The van der Waals surface area contributed by atoms with Gasteiger partial charge in [-0.15, -0.1) is 0 Å². The van der Waals surface area contributed by atoms with Crippen molar-refractivity contribution in [3.63, 3.8) is 0 Å². The molecule has 0 radical (unpaired) electrons. The fourth-order valence-corrected chi connectivity index (χ4v) is 5.55. The van der Waals surface area contributed by atoms with Gasteiger partial charge in [0.15, 0.2) is 0 Å². The Morgan fingerprint density at radius 3 is 2.87 bits per heavy atom. The van der Waals surface area contributed by atoms with E-state index in [2.05, 4.69) is 22.3 Å². The number of benzene rings is 2. The number of aryl methyl sites for hydroxylation is 2. The molecule has 2 aromatic rings. The third-order valence-corrected chi connectivity index (χ3v) is 6.97. The van der Waals surface area contributed by atoms with Crippen LogP contribution in [0.25, 0.3) is 0 Å². The number of hydrogen-bond acceptors (Lipinski definition) is 4. The van der Waals surface area contributed by atoms with Crippen molar-refractivity contribution in [3.8, 4) is 5.75 Å². The van der Waals surface area contributed by atoms with Crippen LogP contribution in [0.2, 0.25) is 0 Å². The molecule has 31 heavy (non-hydrogen) atoms. The van der Waals surface area contributed by atoms with E-state index in [4.69, 9.17) is 9.47 Å². The third kappa shape index (κ3) is 3.94. The maximum absolute atomic E-state index is 14.1. The predicted molar refractivity (Wildman–Crippen MR) is 116 cm³/mol. The van der Waals surface area contributed by atoms with Crippen LogP contribution >= 0.6 is 0 Å². The largest absolute Gasteiger partial charge is 0.496 e. The molecule has 1 aliphatic carbocycles. The first-order chi connectivity index (χ1) is 15.1. The molecular weight excluding hydrogens is 395 g/mol. The molecule has 3 aliphatic rings. The molecule has 164 valence electrons. The summed E-state index contributed by atoms with van der Waals surface area (Å²) in [6.07, 6.45) is 3.78. The van der Waals surface area contributed by atoms with E-state index in [0.29, 0.717) is 32.7 Å². The Hall–Kier alpha value is -2.44. The van der Waals surface area contributed by atoms with Gasteiger partial charge < -0.3 is 14.8 Å². The molecule has 1 spiro atoms. The van der Waals surface area contributed by atoms with Crippen molar-refractivity contribution in [2.75, 3.05) is 33.4 Å². The lowest BCUT2D eigenvalue weighted by atomic mass is 9.82. The Morgan fingerprint density at radius 2 is 2.06 bits per heavy atom. The zero-order valence-electron chi connectivity index (χ0n) is 18.0. The topological polar surface area (TPSA) is 50.8 Å². The number of rotatable bonds is 4. The average molecular weight is 425 g/mol. The van der Waals surface area contributed by atoms with Crippen LogP contribution in [0.5, 0.6) is 5.75 Å². The molecule has 0 aromatic heterocycles. The molecule has 2 aliphatic heterocycles. The van der Waals surface area contributed by atoms with Crippen LogP contribution in [-0.2, 0) is 28.9 Å². The van der Waals surface area contributed by atoms with Crippen molar-refractivity contribution in [3.05, 3.63) is 64.5 Å². The molecule has 0 unspecified atom stereocenters. The molecule has 2 aromatic carbocycles. The van der Waals surface area contributed by atoms with Crippen LogP contribution in [-0.4, -0.2) is 49.8 Å². The normalized spacial score (nSPS) is 26.0. The predicted octanol–water partition coefficient (Wildman–Crippen LogP) is 3.20. The minimum Gasteiger partial charge on any atom is -0.496 e. The first kappa shape index (κ1) is 20.5. The first-order valence-corrected chi connectivity index (χ1v) is 11.1. The van der Waals surface area contributed by atoms with E-state index in [9.17, 15) is 9.18 Å². The number of fused-ring (bicyclic) bond motifs is 1. The highest BCUT2D eigenvalue weighted by molar-refractivity contribution is 5.77. The quantitative estimate of drug-likeness (QED) is 0.819. The van der Waals surface area contributed by atoms with E-state index in [1.807, 2.05) is 6.07 Å². The smallest absolute Gasteiger partial charge is 0.222 e. The number of ether oxygens (including phenoxy) is 2. The molecule has 2 heterocycles. The van der Waals surface area contributed by atoms with Crippen molar-refractivity contribution in [2.45, 2.75) is 43.7 Å². The highest BCUT2D eigenvalue weighted by Gasteiger charge is 2.49. The first-order valence-electron chi connectivity index (χ1n) is 11.1. The zero-order valence-corrected chi connectivity index (χ0v) is 18.0. The molecule has 2 atom stereocenters. The number of methoxy groups -OCH3 is 1. The fraction of sp³-hybridized carbons (Fsp3) is 0.480. The summed E-state index contributed by atoms with van der Waals surface area (Å²) in [6.45, 7) is 2.94. The van der Waals surface area contributed by atoms with Gasteiger partial charge in [-0.1, -0.05) is 18.2 Å². The van der Waals surface area contributed by atoms with Crippen molar-refractivity contribution < 1.29 is 18.7 Å². The maximum atomic E-state index is 14.1. The molecule has 2 fully saturated rings. The summed E-state index contributed by atoms with van der Waals surface area (Å²) in [7, 11) is 1.72. The lowest BCUT2D eigenvalue weighted by Gasteiger charge is -2.34. The second-order valence-electron chi connectivity index (χ2n) is 9.07. The van der Waals surface area contributed by atoms with Gasteiger partial charge in [-0.3, -0.25) is 9.69 Å². The van der Waals surface area contributed by atoms with Crippen LogP contribution in [0.4, 0.5) is 4.39 Å². The van der Waals surface area contributed by atoms with Gasteiger partial charge in [0.1, 0.15) is 11.6 Å². The lowest BCUT2D eigenvalue weighted by Crippen LogP contribution is -2.55. The number of hydrogen-bond donors (Lipinski definition) is 1. The summed E-state index contributed by atoms with van der Waals surface area (Å²) in [5.41, 5.74) is 4.30. The van der Waals surface area contributed by atoms with Crippen molar-refractivity contribution in [1.29, 1.82) is 0 Å². The Balaban J connectivity index is 1.47. The van der Waals surface area contributed by atoms with E-state index in [1.54, 1.807) is 19.2 Å². The van der Waals surface area contributed by atoms with Crippen LogP contribution in [0.1, 0.15) is 41.0 Å². The van der Waals surface area contributed by atoms with Gasteiger partial charge in [0.2, 0.25) is 5.91 Å². The summed E-state index contributed by atoms with van der Waals surface area (Å²) in [6, 6.07) is 11.2. The van der Waals surface area contributed by atoms with E-state index in [-0.39, 0.29) is 17.6 Å². The molecule has 6 heteroatoms. The monoisotopic (exact) mass is 424 g/mol. The summed E-state index contributed by atoms with van der Waals surface area (Å²) >= 11 is 0. The molecule has 0 bridgehead atoms. The van der Waals surface area contributed by atoms with Crippen LogP contribution in [0.3, 0.4) is 0 Å². The lowest BCUT2D eigenvalue weighted by molar-refractivity contribution is -0.122. The third-order valence-electron chi connectivity index (χ3n) is 6.97. The molecule has 1 amide bonds. The Kier molecular flexibility index (Phi) is 5.44. The van der Waals surface area contributed by atoms with Crippen LogP contribution in [0, 0.1) is 5.82 Å². The number of likely N-dealkylation sites (tertiary alicyclic amines) is 1. The van der Waals surface area contributed by atoms with Gasteiger partial charge in [-0.2, -0.15) is 0 Å². The number of amides is 1. The second-order valence-corrected chi connectivity index (χ2v) is 9.07. The number of halogens is 1. The van der Waals surface area contributed by atoms with Gasteiger partial charge in [0, 0.05) is 37.5 Å². The van der Waals surface area contributed by atoms with Crippen LogP contribution < -0.4 is 10.1 Å². The Morgan fingerprint density at radius 1 is 1.23 bits per heavy atom. The number of nitrogens with one attached hydrogen (secondary N) is 1. The summed E-state index contributed by atoms with van der Waals surface area (Å²) in [5.74, 6) is 0.610. The molecule has 5 rings (SSSR count). The highest BCUT2D eigenvalue weighted by atomic mass is 19.1. The number of carbonyl (C=O) groups excluding carboxylic acids is 1. The van der Waals surface area contributed by atoms with E-state index in [1.165, 1.54) is 29.2 Å². The molecule has 2 saturated heterocycles. The minimum atomic E-state index is -0.564. The molecule has 0 saturated carbocycles. The van der Waals surface area contributed by atoms with Crippen molar-refractivity contribution in [1.82, 2.24) is 10.2 Å². The standard InChI is InChI=1S/C25H29FN2O3/c1-30-23-12-18-5-2-4-17(18)10-20(23)13-28-14-22(19-6-3-7-21(26)11-19)25(15-28)16-31-9-8-24(29)27-25/h3,6-7,10-12,22H,2,4-5,8-9,13-16H2,1H3,(H,27,29)/t22-,25-/m0/s1. The maximum Gasteiger partial charge on any atom is 0.222 e. The summed E-state index contributed by atoms with van der Waals surface area (Å²) in [5, 5.41) is 3.25. The average Bonchev–Trinajstić information content (AvgIpc) is 3.29. The van der Waals surface area contributed by atoms with Crippen molar-refractivity contribution >= 4 is 5.91 Å². The summed E-state index contributed by atoms with van der Waals surface area (Å²) < 4.78 is 25.6. The minimum absolute atomic E-state index is 0.00383.